The molecule has 0 saturated heterocycles. The lowest BCUT2D eigenvalue weighted by molar-refractivity contribution is 0.140. The molecular weight excluding hydrogens is 186 g/mol. The van der Waals surface area contributed by atoms with Crippen LogP contribution in [0, 0.1) is 5.92 Å². The normalized spacial score (nSPS) is 20.4. The number of ether oxygens (including phenoxy) is 1. The van der Waals surface area contributed by atoms with Crippen LogP contribution in [0.5, 0.6) is 0 Å². The Labute approximate surface area is 94.6 Å². The average Bonchev–Trinajstić information content (AvgIpc) is 2.26. The van der Waals surface area contributed by atoms with Gasteiger partial charge in [0.15, 0.2) is 0 Å². The van der Waals surface area contributed by atoms with Crippen molar-refractivity contribution in [2.24, 2.45) is 11.7 Å². The predicted molar refractivity (Wildman–Crippen MR) is 64.9 cm³/mol. The molecule has 90 valence electrons. The van der Waals surface area contributed by atoms with Crippen LogP contribution in [-0.4, -0.2) is 19.3 Å². The lowest BCUT2D eigenvalue weighted by Crippen LogP contribution is -2.25. The van der Waals surface area contributed by atoms with E-state index in [4.69, 9.17) is 10.5 Å². The zero-order valence-electron chi connectivity index (χ0n) is 10.2. The molecule has 1 saturated carbocycles. The molecule has 1 aliphatic carbocycles. The molecule has 0 amide bonds. The van der Waals surface area contributed by atoms with Crippen LogP contribution >= 0.6 is 0 Å². The third kappa shape index (κ3) is 6.16. The van der Waals surface area contributed by atoms with Gasteiger partial charge in [0.25, 0.3) is 0 Å². The topological polar surface area (TPSA) is 35.2 Å². The van der Waals surface area contributed by atoms with E-state index in [1.807, 2.05) is 6.92 Å². The van der Waals surface area contributed by atoms with E-state index >= 15 is 0 Å². The lowest BCUT2D eigenvalue weighted by Gasteiger charge is -2.24. The van der Waals surface area contributed by atoms with Crippen LogP contribution in [0.3, 0.4) is 0 Å². The molecule has 0 bridgehead atoms. The summed E-state index contributed by atoms with van der Waals surface area (Å²) in [5, 5.41) is 0. The summed E-state index contributed by atoms with van der Waals surface area (Å²) in [7, 11) is 0. The van der Waals surface area contributed by atoms with Crippen LogP contribution in [0.4, 0.5) is 0 Å². The summed E-state index contributed by atoms with van der Waals surface area (Å²) in [6.07, 6.45) is 10.6. The largest absolute Gasteiger partial charge is 0.382 e. The van der Waals surface area contributed by atoms with Crippen molar-refractivity contribution >= 4 is 0 Å². The van der Waals surface area contributed by atoms with Crippen LogP contribution in [0.15, 0.2) is 0 Å². The first-order valence-electron chi connectivity index (χ1n) is 6.66. The number of rotatable bonds is 7. The minimum atomic E-state index is 0.411. The first kappa shape index (κ1) is 13.0. The molecule has 2 N–H and O–H groups in total. The zero-order valence-corrected chi connectivity index (χ0v) is 10.2. The maximum atomic E-state index is 6.13. The quantitative estimate of drug-likeness (QED) is 0.660. The zero-order chi connectivity index (χ0) is 10.9. The Morgan fingerprint density at radius 2 is 2.00 bits per heavy atom. The van der Waals surface area contributed by atoms with Gasteiger partial charge in [-0.05, 0) is 32.1 Å². The molecule has 15 heavy (non-hydrogen) atoms. The van der Waals surface area contributed by atoms with Gasteiger partial charge in [0.2, 0.25) is 0 Å². The maximum absolute atomic E-state index is 6.13. The highest BCUT2D eigenvalue weighted by molar-refractivity contribution is 4.72. The molecule has 0 aliphatic heterocycles. The fourth-order valence-electron chi connectivity index (χ4n) is 2.56. The van der Waals surface area contributed by atoms with E-state index in [1.165, 1.54) is 38.5 Å². The van der Waals surface area contributed by atoms with E-state index < -0.39 is 0 Å². The second-order valence-electron chi connectivity index (χ2n) is 4.84. The van der Waals surface area contributed by atoms with Gasteiger partial charge in [0.1, 0.15) is 0 Å². The fraction of sp³-hybridized carbons (Fsp3) is 1.00. The minimum absolute atomic E-state index is 0.411. The molecule has 0 aromatic heterocycles. The number of hydrogen-bond acceptors (Lipinski definition) is 2. The highest BCUT2D eigenvalue weighted by Crippen LogP contribution is 2.27. The summed E-state index contributed by atoms with van der Waals surface area (Å²) in [6.45, 7) is 3.76. The fourth-order valence-corrected chi connectivity index (χ4v) is 2.56. The molecule has 1 atom stereocenters. The van der Waals surface area contributed by atoms with E-state index in [9.17, 15) is 0 Å². The SMILES string of the molecule is CCOCCCC(N)CC1CCCCC1. The molecule has 1 aliphatic rings. The molecule has 1 fully saturated rings. The van der Waals surface area contributed by atoms with Gasteiger partial charge in [-0.3, -0.25) is 0 Å². The molecule has 0 aromatic carbocycles. The van der Waals surface area contributed by atoms with Crippen molar-refractivity contribution in [1.82, 2.24) is 0 Å². The maximum Gasteiger partial charge on any atom is 0.0466 e. The van der Waals surface area contributed by atoms with Crippen molar-refractivity contribution in [1.29, 1.82) is 0 Å². The second-order valence-corrected chi connectivity index (χ2v) is 4.84. The summed E-state index contributed by atoms with van der Waals surface area (Å²) in [5.41, 5.74) is 6.13. The van der Waals surface area contributed by atoms with Crippen LogP contribution in [-0.2, 0) is 4.74 Å². The van der Waals surface area contributed by atoms with Crippen LogP contribution < -0.4 is 5.73 Å². The Morgan fingerprint density at radius 3 is 2.67 bits per heavy atom. The summed E-state index contributed by atoms with van der Waals surface area (Å²) in [6, 6.07) is 0.411. The molecule has 1 rings (SSSR count). The van der Waals surface area contributed by atoms with Crippen LogP contribution in [0.25, 0.3) is 0 Å². The summed E-state index contributed by atoms with van der Waals surface area (Å²) in [5.74, 6) is 0.917. The van der Waals surface area contributed by atoms with Gasteiger partial charge in [0, 0.05) is 19.3 Å². The molecule has 0 heterocycles. The van der Waals surface area contributed by atoms with Gasteiger partial charge in [-0.15, -0.1) is 0 Å². The third-order valence-electron chi connectivity index (χ3n) is 3.43. The van der Waals surface area contributed by atoms with Crippen molar-refractivity contribution in [3.05, 3.63) is 0 Å². The highest BCUT2D eigenvalue weighted by atomic mass is 16.5. The molecule has 0 radical (unpaired) electrons. The van der Waals surface area contributed by atoms with Crippen LogP contribution in [0.1, 0.15) is 58.3 Å². The van der Waals surface area contributed by atoms with Crippen molar-refractivity contribution in [3.8, 4) is 0 Å². The molecule has 1 unspecified atom stereocenters. The predicted octanol–water partition coefficient (Wildman–Crippen LogP) is 3.10. The average molecular weight is 213 g/mol. The summed E-state index contributed by atoms with van der Waals surface area (Å²) >= 11 is 0. The minimum Gasteiger partial charge on any atom is -0.382 e. The van der Waals surface area contributed by atoms with Gasteiger partial charge < -0.3 is 10.5 Å². The Morgan fingerprint density at radius 1 is 1.27 bits per heavy atom. The van der Waals surface area contributed by atoms with Crippen LogP contribution in [0.2, 0.25) is 0 Å². The second kappa shape index (κ2) is 8.12. The van der Waals surface area contributed by atoms with Gasteiger partial charge in [-0.1, -0.05) is 32.1 Å². The van der Waals surface area contributed by atoms with Gasteiger partial charge >= 0.3 is 0 Å². The number of nitrogens with two attached hydrogens (primary N) is 1. The monoisotopic (exact) mass is 213 g/mol. The molecule has 2 heteroatoms. The van der Waals surface area contributed by atoms with E-state index in [0.717, 1.165) is 32.0 Å². The van der Waals surface area contributed by atoms with Gasteiger partial charge in [-0.25, -0.2) is 0 Å². The third-order valence-corrected chi connectivity index (χ3v) is 3.43. The molecule has 0 spiro atoms. The first-order chi connectivity index (χ1) is 7.33. The van der Waals surface area contributed by atoms with Crippen molar-refractivity contribution in [3.63, 3.8) is 0 Å². The van der Waals surface area contributed by atoms with E-state index in [0.29, 0.717) is 6.04 Å². The molecule has 2 nitrogen and oxygen atoms in total. The van der Waals surface area contributed by atoms with E-state index in [2.05, 4.69) is 0 Å². The van der Waals surface area contributed by atoms with Crippen molar-refractivity contribution in [2.75, 3.05) is 13.2 Å². The Hall–Kier alpha value is -0.0800. The summed E-state index contributed by atoms with van der Waals surface area (Å²) in [4.78, 5) is 0. The molecule has 0 aromatic rings. The first-order valence-corrected chi connectivity index (χ1v) is 6.66. The number of hydrogen-bond donors (Lipinski definition) is 1. The molecular formula is C13H27NO. The van der Waals surface area contributed by atoms with Crippen molar-refractivity contribution in [2.45, 2.75) is 64.3 Å². The van der Waals surface area contributed by atoms with Crippen molar-refractivity contribution < 1.29 is 4.74 Å². The standard InChI is InChI=1S/C13H27NO/c1-2-15-10-6-9-13(14)11-12-7-4-3-5-8-12/h12-13H,2-11,14H2,1H3. The summed E-state index contributed by atoms with van der Waals surface area (Å²) < 4.78 is 5.32. The van der Waals surface area contributed by atoms with Gasteiger partial charge in [-0.2, -0.15) is 0 Å². The van der Waals surface area contributed by atoms with E-state index in [1.54, 1.807) is 0 Å². The Kier molecular flexibility index (Phi) is 7.03. The van der Waals surface area contributed by atoms with E-state index in [-0.39, 0.29) is 0 Å². The lowest BCUT2D eigenvalue weighted by atomic mass is 9.84. The highest BCUT2D eigenvalue weighted by Gasteiger charge is 2.16. The Balaban J connectivity index is 1.98. The smallest absolute Gasteiger partial charge is 0.0466 e. The van der Waals surface area contributed by atoms with Gasteiger partial charge in [0.05, 0.1) is 0 Å². The Bertz CT molecular complexity index is 143.